The van der Waals surface area contributed by atoms with Crippen LogP contribution in [-0.2, 0) is 9.47 Å². The van der Waals surface area contributed by atoms with E-state index in [9.17, 15) is 0 Å². The highest BCUT2D eigenvalue weighted by atomic mass is 16.7. The van der Waals surface area contributed by atoms with Crippen LogP contribution < -0.4 is 10.6 Å². The Hall–Kier alpha value is -1.77. The Kier molecular flexibility index (Phi) is 3.05. The lowest BCUT2D eigenvalue weighted by Gasteiger charge is -2.39. The van der Waals surface area contributed by atoms with Crippen LogP contribution in [0, 0.1) is 11.3 Å². The molecule has 0 amide bonds. The summed E-state index contributed by atoms with van der Waals surface area (Å²) in [5.41, 5.74) is 8.26. The number of hydrogen-bond acceptors (Lipinski definition) is 5. The summed E-state index contributed by atoms with van der Waals surface area (Å²) in [6.45, 7) is 3.10. The van der Waals surface area contributed by atoms with Crippen molar-refractivity contribution < 1.29 is 9.47 Å². The molecule has 100 valence electrons. The van der Waals surface area contributed by atoms with E-state index in [0.29, 0.717) is 24.5 Å². The second-order valence-electron chi connectivity index (χ2n) is 4.98. The summed E-state index contributed by atoms with van der Waals surface area (Å²) in [4.78, 5) is 2.23. The highest BCUT2D eigenvalue weighted by molar-refractivity contribution is 5.69. The smallest absolute Gasteiger partial charge is 0.171 e. The van der Waals surface area contributed by atoms with E-state index in [1.54, 1.807) is 12.1 Å². The Morgan fingerprint density at radius 3 is 2.47 bits per heavy atom. The number of nitrogens with zero attached hydrogens (tertiary/aromatic N) is 2. The molecule has 0 bridgehead atoms. The topological polar surface area (TPSA) is 71.5 Å². The average Bonchev–Trinajstić information content (AvgIpc) is 2.88. The normalized spacial score (nSPS) is 21.5. The molecule has 2 fully saturated rings. The molecule has 0 unspecified atom stereocenters. The van der Waals surface area contributed by atoms with Crippen molar-refractivity contribution in [3.05, 3.63) is 23.8 Å². The van der Waals surface area contributed by atoms with Crippen LogP contribution in [0.2, 0.25) is 0 Å². The van der Waals surface area contributed by atoms with Gasteiger partial charge < -0.3 is 20.1 Å². The van der Waals surface area contributed by atoms with E-state index in [0.717, 1.165) is 31.6 Å². The molecule has 19 heavy (non-hydrogen) atoms. The van der Waals surface area contributed by atoms with E-state index in [1.807, 2.05) is 6.07 Å². The molecule has 2 aliphatic heterocycles. The number of benzene rings is 1. The molecule has 2 aliphatic rings. The van der Waals surface area contributed by atoms with Gasteiger partial charge in [0.2, 0.25) is 0 Å². The van der Waals surface area contributed by atoms with Gasteiger partial charge >= 0.3 is 0 Å². The van der Waals surface area contributed by atoms with Crippen molar-refractivity contribution in [3.63, 3.8) is 0 Å². The Morgan fingerprint density at radius 1 is 1.21 bits per heavy atom. The van der Waals surface area contributed by atoms with Crippen molar-refractivity contribution >= 4 is 11.4 Å². The van der Waals surface area contributed by atoms with Crippen LogP contribution in [-0.4, -0.2) is 32.1 Å². The van der Waals surface area contributed by atoms with Gasteiger partial charge in [-0.1, -0.05) is 0 Å². The lowest BCUT2D eigenvalue weighted by molar-refractivity contribution is -0.169. The number of ether oxygens (including phenoxy) is 2. The predicted octanol–water partition coefficient (Wildman–Crippen LogP) is 1.48. The van der Waals surface area contributed by atoms with Crippen molar-refractivity contribution in [2.24, 2.45) is 0 Å². The predicted molar refractivity (Wildman–Crippen MR) is 71.7 cm³/mol. The first-order chi connectivity index (χ1) is 9.22. The average molecular weight is 259 g/mol. The van der Waals surface area contributed by atoms with Crippen molar-refractivity contribution in [1.29, 1.82) is 5.26 Å². The first-order valence-corrected chi connectivity index (χ1v) is 6.55. The van der Waals surface area contributed by atoms with E-state index in [4.69, 9.17) is 20.5 Å². The van der Waals surface area contributed by atoms with Crippen LogP contribution >= 0.6 is 0 Å². The monoisotopic (exact) mass is 259 g/mol. The molecule has 0 radical (unpaired) electrons. The first kappa shape index (κ1) is 12.3. The van der Waals surface area contributed by atoms with Gasteiger partial charge in [0.15, 0.2) is 5.79 Å². The van der Waals surface area contributed by atoms with Crippen molar-refractivity contribution in [2.75, 3.05) is 36.9 Å². The zero-order valence-electron chi connectivity index (χ0n) is 10.8. The second-order valence-corrected chi connectivity index (χ2v) is 4.98. The number of rotatable bonds is 1. The van der Waals surface area contributed by atoms with Gasteiger partial charge in [-0.05, 0) is 18.2 Å². The van der Waals surface area contributed by atoms with E-state index in [2.05, 4.69) is 11.0 Å². The molecule has 0 aliphatic carbocycles. The summed E-state index contributed by atoms with van der Waals surface area (Å²) >= 11 is 0. The Bertz CT molecular complexity index is 508. The van der Waals surface area contributed by atoms with E-state index < -0.39 is 0 Å². The number of nitrogens with two attached hydrogens (primary N) is 1. The van der Waals surface area contributed by atoms with Crippen molar-refractivity contribution in [1.82, 2.24) is 0 Å². The highest BCUT2D eigenvalue weighted by Gasteiger charge is 2.39. The molecule has 0 aromatic heterocycles. The summed E-state index contributed by atoms with van der Waals surface area (Å²) in [6.07, 6.45) is 1.71. The molecule has 1 aromatic carbocycles. The molecule has 0 atom stereocenters. The summed E-state index contributed by atoms with van der Waals surface area (Å²) in [7, 11) is 0. The number of nitrogen functional groups attached to an aromatic ring is 1. The number of hydrogen-bond donors (Lipinski definition) is 1. The molecule has 2 N–H and O–H groups in total. The second kappa shape index (κ2) is 4.72. The fourth-order valence-electron chi connectivity index (χ4n) is 2.79. The Morgan fingerprint density at radius 2 is 1.89 bits per heavy atom. The van der Waals surface area contributed by atoms with Crippen LogP contribution in [0.4, 0.5) is 11.4 Å². The SMILES string of the molecule is N#Cc1ccc(N2CCC3(CC2)OCCO3)c(N)c1. The number of nitriles is 1. The van der Waals surface area contributed by atoms with Crippen LogP contribution in [0.15, 0.2) is 18.2 Å². The van der Waals surface area contributed by atoms with Gasteiger partial charge in [0.05, 0.1) is 36.2 Å². The summed E-state index contributed by atoms with van der Waals surface area (Å²) in [5, 5.41) is 8.85. The minimum absolute atomic E-state index is 0.363. The van der Waals surface area contributed by atoms with Gasteiger partial charge in [0.1, 0.15) is 0 Å². The quantitative estimate of drug-likeness (QED) is 0.773. The highest BCUT2D eigenvalue weighted by Crippen LogP contribution is 2.35. The summed E-state index contributed by atoms with van der Waals surface area (Å²) < 4.78 is 11.4. The lowest BCUT2D eigenvalue weighted by atomic mass is 10.0. The minimum atomic E-state index is -0.363. The van der Waals surface area contributed by atoms with Crippen LogP contribution in [0.1, 0.15) is 18.4 Å². The molecule has 5 nitrogen and oxygen atoms in total. The third kappa shape index (κ3) is 2.25. The third-order valence-electron chi connectivity index (χ3n) is 3.84. The standard InChI is InChI=1S/C14H17N3O2/c15-10-11-1-2-13(12(16)9-11)17-5-3-14(4-6-17)18-7-8-19-14/h1-2,9H,3-8,16H2. The molecule has 1 spiro atoms. The first-order valence-electron chi connectivity index (χ1n) is 6.55. The largest absolute Gasteiger partial charge is 0.397 e. The van der Waals surface area contributed by atoms with Crippen LogP contribution in [0.5, 0.6) is 0 Å². The van der Waals surface area contributed by atoms with Gasteiger partial charge in [-0.3, -0.25) is 0 Å². The van der Waals surface area contributed by atoms with Gasteiger partial charge in [0.25, 0.3) is 0 Å². The number of anilines is 2. The molecular formula is C14H17N3O2. The number of piperidine rings is 1. The lowest BCUT2D eigenvalue weighted by Crippen LogP contribution is -2.45. The van der Waals surface area contributed by atoms with Gasteiger partial charge in [-0.2, -0.15) is 5.26 Å². The Labute approximate surface area is 112 Å². The molecule has 2 heterocycles. The van der Waals surface area contributed by atoms with Crippen molar-refractivity contribution in [3.8, 4) is 6.07 Å². The molecule has 0 saturated carbocycles. The molecular weight excluding hydrogens is 242 g/mol. The third-order valence-corrected chi connectivity index (χ3v) is 3.84. The van der Waals surface area contributed by atoms with E-state index >= 15 is 0 Å². The minimum Gasteiger partial charge on any atom is -0.397 e. The molecule has 2 saturated heterocycles. The zero-order valence-corrected chi connectivity index (χ0v) is 10.8. The summed E-state index contributed by atoms with van der Waals surface area (Å²) in [6, 6.07) is 7.55. The maximum absolute atomic E-state index is 8.85. The van der Waals surface area contributed by atoms with Crippen LogP contribution in [0.25, 0.3) is 0 Å². The van der Waals surface area contributed by atoms with Gasteiger partial charge in [-0.15, -0.1) is 0 Å². The van der Waals surface area contributed by atoms with Gasteiger partial charge in [-0.25, -0.2) is 0 Å². The fourth-order valence-corrected chi connectivity index (χ4v) is 2.79. The maximum atomic E-state index is 8.85. The van der Waals surface area contributed by atoms with Crippen LogP contribution in [0.3, 0.4) is 0 Å². The molecule has 1 aromatic rings. The van der Waals surface area contributed by atoms with E-state index in [-0.39, 0.29) is 5.79 Å². The maximum Gasteiger partial charge on any atom is 0.171 e. The Balaban J connectivity index is 1.73. The zero-order chi connectivity index (χ0) is 13.3. The van der Waals surface area contributed by atoms with Crippen molar-refractivity contribution in [2.45, 2.75) is 18.6 Å². The fraction of sp³-hybridized carbons (Fsp3) is 0.500. The summed E-state index contributed by atoms with van der Waals surface area (Å²) in [5.74, 6) is -0.363. The molecule has 3 rings (SSSR count). The van der Waals surface area contributed by atoms with Gasteiger partial charge in [0, 0.05) is 25.9 Å². The molecule has 5 heteroatoms. The van der Waals surface area contributed by atoms with E-state index in [1.165, 1.54) is 0 Å².